The summed E-state index contributed by atoms with van der Waals surface area (Å²) < 4.78 is 5.87. The van der Waals surface area contributed by atoms with Crippen LogP contribution in [0.2, 0.25) is 10.0 Å². The third-order valence-corrected chi connectivity index (χ3v) is 6.19. The highest BCUT2D eigenvalue weighted by molar-refractivity contribution is 8.18. The van der Waals surface area contributed by atoms with Crippen molar-refractivity contribution in [3.63, 3.8) is 0 Å². The van der Waals surface area contributed by atoms with E-state index < -0.39 is 0 Å². The van der Waals surface area contributed by atoms with E-state index in [0.717, 1.165) is 36.7 Å². The topological polar surface area (TPSA) is 45.8 Å². The largest absolute Gasteiger partial charge is 0.457 e. The van der Waals surface area contributed by atoms with Gasteiger partial charge in [0.2, 0.25) is 0 Å². The van der Waals surface area contributed by atoms with Gasteiger partial charge in [-0.15, -0.1) is 0 Å². The fraction of sp³-hybridized carbons (Fsp3) is 0.300. The molecule has 1 fully saturated rings. The molecule has 0 saturated carbocycles. The summed E-state index contributed by atoms with van der Waals surface area (Å²) in [7, 11) is 0. The minimum Gasteiger partial charge on any atom is -0.457 e. The number of amides is 1. The molecule has 2 aliphatic rings. The maximum absolute atomic E-state index is 12.3. The molecule has 2 aromatic rings. The Labute approximate surface area is 172 Å². The number of likely N-dealkylation sites (tertiary alicyclic amines) is 1. The molecule has 0 radical (unpaired) electrons. The lowest BCUT2D eigenvalue weighted by Crippen LogP contribution is -2.28. The molecule has 0 spiro atoms. The molecule has 140 valence electrons. The Balaban J connectivity index is 1.52. The van der Waals surface area contributed by atoms with Crippen molar-refractivity contribution in [3.05, 3.63) is 51.0 Å². The van der Waals surface area contributed by atoms with Crippen molar-refractivity contribution in [1.82, 2.24) is 4.90 Å². The predicted molar refractivity (Wildman–Crippen MR) is 112 cm³/mol. The van der Waals surface area contributed by atoms with Crippen molar-refractivity contribution in [2.24, 2.45) is 4.99 Å². The first kappa shape index (κ1) is 18.7. The first-order valence-electron chi connectivity index (χ1n) is 8.93. The van der Waals surface area contributed by atoms with Crippen LogP contribution in [-0.4, -0.2) is 29.1 Å². The number of furan rings is 1. The molecule has 2 aliphatic heterocycles. The minimum absolute atomic E-state index is 0.210. The third kappa shape index (κ3) is 4.26. The Bertz CT molecular complexity index is 928. The van der Waals surface area contributed by atoms with E-state index in [1.807, 2.05) is 12.1 Å². The average Bonchev–Trinajstić information content (AvgIpc) is 3.15. The highest BCUT2D eigenvalue weighted by atomic mass is 35.5. The van der Waals surface area contributed by atoms with Gasteiger partial charge in [0.25, 0.3) is 5.91 Å². The standard InChI is InChI=1S/C20H18Cl2N2O2S/c21-13-5-7-16(22)15(11-13)17-8-6-14(26-17)12-18-19(25)23-20(27-18)24-9-3-1-2-4-10-24/h5-8,11-12H,1-4,9-10H2. The van der Waals surface area contributed by atoms with Crippen LogP contribution in [0.4, 0.5) is 0 Å². The fourth-order valence-corrected chi connectivity index (χ4v) is 4.51. The van der Waals surface area contributed by atoms with Gasteiger partial charge in [-0.25, -0.2) is 0 Å². The molecule has 4 nitrogen and oxygen atoms in total. The molecule has 1 amide bonds. The molecule has 3 heterocycles. The van der Waals surface area contributed by atoms with Crippen molar-refractivity contribution in [2.75, 3.05) is 13.1 Å². The van der Waals surface area contributed by atoms with Crippen molar-refractivity contribution < 1.29 is 9.21 Å². The molecule has 1 aromatic carbocycles. The molecular formula is C20H18Cl2N2O2S. The van der Waals surface area contributed by atoms with Crippen LogP contribution in [0.25, 0.3) is 17.4 Å². The number of hydrogen-bond donors (Lipinski definition) is 0. The number of rotatable bonds is 2. The van der Waals surface area contributed by atoms with Crippen LogP contribution in [0.3, 0.4) is 0 Å². The Morgan fingerprint density at radius 1 is 1.07 bits per heavy atom. The molecular weight excluding hydrogens is 403 g/mol. The first-order chi connectivity index (χ1) is 13.1. The van der Waals surface area contributed by atoms with E-state index in [4.69, 9.17) is 27.6 Å². The molecule has 0 atom stereocenters. The number of hydrogen-bond acceptors (Lipinski definition) is 4. The summed E-state index contributed by atoms with van der Waals surface area (Å²) >= 11 is 13.7. The summed E-state index contributed by atoms with van der Waals surface area (Å²) in [6, 6.07) is 8.86. The number of amidine groups is 1. The summed E-state index contributed by atoms with van der Waals surface area (Å²) in [4.78, 5) is 19.3. The SMILES string of the molecule is O=C1N=C(N2CCCCCC2)SC1=Cc1ccc(-c2cc(Cl)ccc2Cl)o1. The maximum Gasteiger partial charge on any atom is 0.286 e. The second-order valence-electron chi connectivity index (χ2n) is 6.54. The highest BCUT2D eigenvalue weighted by Crippen LogP contribution is 2.35. The highest BCUT2D eigenvalue weighted by Gasteiger charge is 2.27. The van der Waals surface area contributed by atoms with E-state index in [1.165, 1.54) is 24.6 Å². The molecule has 1 aromatic heterocycles. The summed E-state index contributed by atoms with van der Waals surface area (Å²) in [5.41, 5.74) is 0.723. The van der Waals surface area contributed by atoms with Gasteiger partial charge in [0.1, 0.15) is 11.5 Å². The van der Waals surface area contributed by atoms with Crippen LogP contribution in [0.15, 0.2) is 44.6 Å². The van der Waals surface area contributed by atoms with Crippen molar-refractivity contribution >= 4 is 52.1 Å². The van der Waals surface area contributed by atoms with E-state index in [1.54, 1.807) is 24.3 Å². The van der Waals surface area contributed by atoms with Gasteiger partial charge in [-0.3, -0.25) is 4.79 Å². The lowest BCUT2D eigenvalue weighted by atomic mass is 10.2. The summed E-state index contributed by atoms with van der Waals surface area (Å²) in [5, 5.41) is 1.95. The van der Waals surface area contributed by atoms with Crippen LogP contribution < -0.4 is 0 Å². The summed E-state index contributed by atoms with van der Waals surface area (Å²) in [5.74, 6) is 0.987. The molecule has 0 aliphatic carbocycles. The van der Waals surface area contributed by atoms with E-state index in [2.05, 4.69) is 9.89 Å². The number of thioether (sulfide) groups is 1. The summed E-state index contributed by atoms with van der Waals surface area (Å²) in [6.07, 6.45) is 6.52. The van der Waals surface area contributed by atoms with Gasteiger partial charge in [-0.2, -0.15) is 4.99 Å². The Hall–Kier alpha value is -1.69. The zero-order valence-corrected chi connectivity index (χ0v) is 16.9. The molecule has 0 unspecified atom stereocenters. The number of carbonyl (C=O) groups excluding carboxylic acids is 1. The molecule has 0 N–H and O–H groups in total. The van der Waals surface area contributed by atoms with Gasteiger partial charge in [0.15, 0.2) is 5.17 Å². The summed E-state index contributed by atoms with van der Waals surface area (Å²) in [6.45, 7) is 1.93. The number of aliphatic imine (C=N–C) groups is 1. The second kappa shape index (κ2) is 8.13. The zero-order valence-electron chi connectivity index (χ0n) is 14.6. The van der Waals surface area contributed by atoms with Crippen molar-refractivity contribution in [1.29, 1.82) is 0 Å². The predicted octanol–water partition coefficient (Wildman–Crippen LogP) is 6.10. The van der Waals surface area contributed by atoms with Gasteiger partial charge < -0.3 is 9.32 Å². The number of nitrogens with zero attached hydrogens (tertiary/aromatic N) is 2. The fourth-order valence-electron chi connectivity index (χ4n) is 3.19. The maximum atomic E-state index is 12.3. The van der Waals surface area contributed by atoms with Crippen LogP contribution in [0.5, 0.6) is 0 Å². The second-order valence-corrected chi connectivity index (χ2v) is 8.39. The van der Waals surface area contributed by atoms with Crippen LogP contribution >= 0.6 is 35.0 Å². The number of benzene rings is 1. The average molecular weight is 421 g/mol. The zero-order chi connectivity index (χ0) is 18.8. The normalized spacial score (nSPS) is 19.5. The lowest BCUT2D eigenvalue weighted by Gasteiger charge is -2.20. The number of carbonyl (C=O) groups is 1. The molecule has 27 heavy (non-hydrogen) atoms. The quantitative estimate of drug-likeness (QED) is 0.550. The van der Waals surface area contributed by atoms with E-state index in [0.29, 0.717) is 26.5 Å². The van der Waals surface area contributed by atoms with Gasteiger partial charge >= 0.3 is 0 Å². The van der Waals surface area contributed by atoms with E-state index in [9.17, 15) is 4.79 Å². The Kier molecular flexibility index (Phi) is 5.62. The van der Waals surface area contributed by atoms with Gasteiger partial charge in [-0.05, 0) is 54.9 Å². The Morgan fingerprint density at radius 3 is 2.63 bits per heavy atom. The van der Waals surface area contributed by atoms with Gasteiger partial charge in [0.05, 0.1) is 9.93 Å². The molecule has 0 bridgehead atoms. The smallest absolute Gasteiger partial charge is 0.286 e. The van der Waals surface area contributed by atoms with E-state index >= 15 is 0 Å². The molecule has 4 rings (SSSR count). The van der Waals surface area contributed by atoms with Crippen LogP contribution in [0, 0.1) is 0 Å². The van der Waals surface area contributed by atoms with Crippen molar-refractivity contribution in [3.8, 4) is 11.3 Å². The lowest BCUT2D eigenvalue weighted by molar-refractivity contribution is -0.113. The monoisotopic (exact) mass is 420 g/mol. The Morgan fingerprint density at radius 2 is 1.85 bits per heavy atom. The van der Waals surface area contributed by atoms with Crippen LogP contribution in [-0.2, 0) is 4.79 Å². The number of halogens is 2. The van der Waals surface area contributed by atoms with E-state index in [-0.39, 0.29) is 5.91 Å². The molecule has 1 saturated heterocycles. The van der Waals surface area contributed by atoms with Gasteiger partial charge in [0, 0.05) is 29.8 Å². The molecule has 7 heteroatoms. The first-order valence-corrected chi connectivity index (χ1v) is 10.5. The van der Waals surface area contributed by atoms with Gasteiger partial charge in [-0.1, -0.05) is 36.0 Å². The third-order valence-electron chi connectivity index (χ3n) is 4.58. The minimum atomic E-state index is -0.210. The van der Waals surface area contributed by atoms with Crippen LogP contribution in [0.1, 0.15) is 31.4 Å². The van der Waals surface area contributed by atoms with Crippen molar-refractivity contribution in [2.45, 2.75) is 25.7 Å².